The third-order valence-electron chi connectivity index (χ3n) is 4.10. The van der Waals surface area contributed by atoms with Crippen molar-refractivity contribution in [1.29, 1.82) is 5.26 Å². The molecule has 24 heavy (non-hydrogen) atoms. The highest BCUT2D eigenvalue weighted by molar-refractivity contribution is 5.28. The van der Waals surface area contributed by atoms with E-state index in [9.17, 15) is 5.11 Å². The maximum atomic E-state index is 10.1. The van der Waals surface area contributed by atoms with Crippen molar-refractivity contribution in [1.82, 2.24) is 20.1 Å². The number of fused-ring (bicyclic) bond motifs is 1. The summed E-state index contributed by atoms with van der Waals surface area (Å²) >= 11 is 0. The molecule has 0 saturated carbocycles. The Labute approximate surface area is 140 Å². The lowest BCUT2D eigenvalue weighted by molar-refractivity contribution is 0.101. The van der Waals surface area contributed by atoms with E-state index in [1.54, 1.807) is 6.33 Å². The third-order valence-corrected chi connectivity index (χ3v) is 4.10. The molecule has 0 unspecified atom stereocenters. The van der Waals surface area contributed by atoms with Crippen molar-refractivity contribution >= 4 is 0 Å². The van der Waals surface area contributed by atoms with Crippen LogP contribution >= 0.6 is 0 Å². The number of nitrogens with zero attached hydrogens (tertiary/aromatic N) is 4. The van der Waals surface area contributed by atoms with Crippen LogP contribution in [0.15, 0.2) is 30.6 Å². The number of rotatable bonds is 7. The Morgan fingerprint density at radius 1 is 1.42 bits per heavy atom. The van der Waals surface area contributed by atoms with E-state index in [4.69, 9.17) is 10.00 Å². The van der Waals surface area contributed by atoms with E-state index in [0.717, 1.165) is 30.8 Å². The Hall–Kier alpha value is -2.43. The summed E-state index contributed by atoms with van der Waals surface area (Å²) in [5.41, 5.74) is 0.955. The molecule has 2 N–H and O–H groups in total. The van der Waals surface area contributed by atoms with Gasteiger partial charge in [0.1, 0.15) is 30.6 Å². The van der Waals surface area contributed by atoms with E-state index in [1.807, 2.05) is 28.9 Å². The average Bonchev–Trinajstić information content (AvgIpc) is 3.07. The molecular formula is C17H21N5O2. The minimum absolute atomic E-state index is 0.228. The van der Waals surface area contributed by atoms with Gasteiger partial charge in [-0.1, -0.05) is 12.1 Å². The van der Waals surface area contributed by atoms with Gasteiger partial charge in [-0.3, -0.25) is 0 Å². The number of benzene rings is 1. The molecule has 7 heteroatoms. The Morgan fingerprint density at radius 2 is 2.25 bits per heavy atom. The number of nitrogens with one attached hydrogen (secondary N) is 1. The van der Waals surface area contributed by atoms with E-state index in [1.165, 1.54) is 0 Å². The number of ether oxygens (including phenoxy) is 1. The summed E-state index contributed by atoms with van der Waals surface area (Å²) in [4.78, 5) is 4.20. The maximum absolute atomic E-state index is 10.1. The van der Waals surface area contributed by atoms with Gasteiger partial charge in [-0.05, 0) is 24.1 Å². The van der Waals surface area contributed by atoms with Crippen LogP contribution in [-0.4, -0.2) is 45.2 Å². The molecule has 2 aromatic rings. The van der Waals surface area contributed by atoms with Gasteiger partial charge in [0.15, 0.2) is 0 Å². The lowest BCUT2D eigenvalue weighted by Crippen LogP contribution is -2.42. The van der Waals surface area contributed by atoms with Gasteiger partial charge in [0.05, 0.1) is 19.0 Å². The van der Waals surface area contributed by atoms with Crippen molar-refractivity contribution in [3.63, 3.8) is 0 Å². The van der Waals surface area contributed by atoms with Crippen molar-refractivity contribution in [2.24, 2.45) is 0 Å². The smallest absolute Gasteiger partial charge is 0.138 e. The first-order valence-corrected chi connectivity index (χ1v) is 8.11. The molecule has 7 nitrogen and oxygen atoms in total. The summed E-state index contributed by atoms with van der Waals surface area (Å²) in [6.45, 7) is 1.48. The first kappa shape index (κ1) is 16.4. The van der Waals surface area contributed by atoms with E-state index in [-0.39, 0.29) is 6.61 Å². The standard InChI is InChI=1S/C17H21N5O2/c18-8-7-13-1-4-16(5-2-13)24-11-15(23)9-19-14-3-6-17-20-12-21-22(17)10-14/h1-2,4-5,12,14-15,19,23H,3,6-7,9-11H2/t14-,15-/m0/s1. The monoisotopic (exact) mass is 327 g/mol. The van der Waals surface area contributed by atoms with Gasteiger partial charge >= 0.3 is 0 Å². The van der Waals surface area contributed by atoms with E-state index in [2.05, 4.69) is 21.5 Å². The van der Waals surface area contributed by atoms with Gasteiger partial charge in [0.25, 0.3) is 0 Å². The summed E-state index contributed by atoms with van der Waals surface area (Å²) in [6, 6.07) is 9.76. The molecule has 1 aliphatic heterocycles. The molecule has 1 aromatic carbocycles. The molecule has 0 fully saturated rings. The van der Waals surface area contributed by atoms with E-state index in [0.29, 0.717) is 24.8 Å². The van der Waals surface area contributed by atoms with E-state index >= 15 is 0 Å². The first-order chi connectivity index (χ1) is 11.7. The zero-order valence-electron chi connectivity index (χ0n) is 13.4. The Morgan fingerprint density at radius 3 is 3.04 bits per heavy atom. The van der Waals surface area contributed by atoms with Gasteiger partial charge in [-0.15, -0.1) is 0 Å². The molecule has 126 valence electrons. The molecule has 3 rings (SSSR count). The first-order valence-electron chi connectivity index (χ1n) is 8.11. The van der Waals surface area contributed by atoms with Gasteiger partial charge in [0, 0.05) is 19.0 Å². The van der Waals surface area contributed by atoms with Gasteiger partial charge < -0.3 is 15.2 Å². The topological polar surface area (TPSA) is 96.0 Å². The molecule has 2 heterocycles. The molecule has 2 atom stereocenters. The molecule has 0 radical (unpaired) electrons. The molecular weight excluding hydrogens is 306 g/mol. The second-order valence-electron chi connectivity index (χ2n) is 5.95. The van der Waals surface area contributed by atoms with Crippen LogP contribution in [0.4, 0.5) is 0 Å². The van der Waals surface area contributed by atoms with Gasteiger partial charge in [-0.25, -0.2) is 9.67 Å². The maximum Gasteiger partial charge on any atom is 0.138 e. The third kappa shape index (κ3) is 4.31. The second kappa shape index (κ2) is 7.90. The van der Waals surface area contributed by atoms with Crippen LogP contribution < -0.4 is 10.1 Å². The molecule has 0 bridgehead atoms. The van der Waals surface area contributed by atoms with Crippen LogP contribution in [0.5, 0.6) is 5.75 Å². The van der Waals surface area contributed by atoms with Gasteiger partial charge in [0.2, 0.25) is 0 Å². The Balaban J connectivity index is 1.38. The number of aromatic nitrogens is 3. The highest BCUT2D eigenvalue weighted by atomic mass is 16.5. The Bertz CT molecular complexity index is 692. The highest BCUT2D eigenvalue weighted by Gasteiger charge is 2.20. The minimum atomic E-state index is -0.582. The summed E-state index contributed by atoms with van der Waals surface area (Å²) in [5.74, 6) is 1.72. The van der Waals surface area contributed by atoms with Crippen molar-refractivity contribution in [2.75, 3.05) is 13.2 Å². The van der Waals surface area contributed by atoms with Crippen molar-refractivity contribution in [3.8, 4) is 11.8 Å². The van der Waals surface area contributed by atoms with Crippen LogP contribution in [0.1, 0.15) is 17.8 Å². The van der Waals surface area contributed by atoms with Crippen LogP contribution in [0.25, 0.3) is 0 Å². The van der Waals surface area contributed by atoms with Crippen LogP contribution in [0.3, 0.4) is 0 Å². The normalized spacial score (nSPS) is 17.8. The number of nitriles is 1. The molecule has 0 amide bonds. The lowest BCUT2D eigenvalue weighted by Gasteiger charge is -2.24. The average molecular weight is 327 g/mol. The fraction of sp³-hybridized carbons (Fsp3) is 0.471. The van der Waals surface area contributed by atoms with Gasteiger partial charge in [-0.2, -0.15) is 10.4 Å². The summed E-state index contributed by atoms with van der Waals surface area (Å²) in [6.07, 6.45) is 3.29. The molecule has 1 aromatic heterocycles. The SMILES string of the molecule is N#CCc1ccc(OC[C@@H](O)CN[C@H]2CCc3ncnn3C2)cc1. The largest absolute Gasteiger partial charge is 0.491 e. The number of aliphatic hydroxyl groups is 1. The number of aliphatic hydroxyl groups excluding tert-OH is 1. The fourth-order valence-corrected chi connectivity index (χ4v) is 2.75. The summed E-state index contributed by atoms with van der Waals surface area (Å²) in [7, 11) is 0. The predicted octanol–water partition coefficient (Wildman–Crippen LogP) is 0.688. The predicted molar refractivity (Wildman–Crippen MR) is 87.4 cm³/mol. The summed E-state index contributed by atoms with van der Waals surface area (Å²) in [5, 5.41) is 26.3. The number of hydrogen-bond acceptors (Lipinski definition) is 6. The molecule has 1 aliphatic rings. The fourth-order valence-electron chi connectivity index (χ4n) is 2.75. The van der Waals surface area contributed by atoms with Crippen LogP contribution in [-0.2, 0) is 19.4 Å². The summed E-state index contributed by atoms with van der Waals surface area (Å²) < 4.78 is 7.49. The minimum Gasteiger partial charge on any atom is -0.491 e. The second-order valence-corrected chi connectivity index (χ2v) is 5.95. The number of hydrogen-bond donors (Lipinski definition) is 2. The number of aryl methyl sites for hydroxylation is 1. The van der Waals surface area contributed by atoms with Crippen molar-refractivity contribution < 1.29 is 9.84 Å². The molecule has 0 aliphatic carbocycles. The molecule has 0 spiro atoms. The van der Waals surface area contributed by atoms with Crippen molar-refractivity contribution in [3.05, 3.63) is 42.0 Å². The zero-order chi connectivity index (χ0) is 16.8. The van der Waals surface area contributed by atoms with E-state index < -0.39 is 6.10 Å². The lowest BCUT2D eigenvalue weighted by atomic mass is 10.1. The quantitative estimate of drug-likeness (QED) is 0.777. The zero-order valence-corrected chi connectivity index (χ0v) is 13.4. The highest BCUT2D eigenvalue weighted by Crippen LogP contribution is 2.13. The Kier molecular flexibility index (Phi) is 5.41. The molecule has 0 saturated heterocycles. The van der Waals surface area contributed by atoms with Crippen LogP contribution in [0.2, 0.25) is 0 Å². The van der Waals surface area contributed by atoms with Crippen molar-refractivity contribution in [2.45, 2.75) is 38.0 Å². The van der Waals surface area contributed by atoms with Crippen LogP contribution in [0, 0.1) is 11.3 Å².